The van der Waals surface area contributed by atoms with Crippen LogP contribution in [0.15, 0.2) is 291 Å². The maximum absolute atomic E-state index is 9.90. The van der Waals surface area contributed by atoms with Gasteiger partial charge in [0.2, 0.25) is 0 Å². The van der Waals surface area contributed by atoms with Crippen LogP contribution in [0.1, 0.15) is 224 Å². The van der Waals surface area contributed by atoms with E-state index in [0.717, 1.165) is 70.8 Å². The summed E-state index contributed by atoms with van der Waals surface area (Å²) in [6, 6.07) is 70.1. The van der Waals surface area contributed by atoms with Crippen molar-refractivity contribution in [2.24, 2.45) is 0 Å². The Morgan fingerprint density at radius 2 is 0.491 bits per heavy atom. The predicted molar refractivity (Wildman–Crippen MR) is 503 cm³/mol. The van der Waals surface area contributed by atoms with Gasteiger partial charge >= 0.3 is 51.4 Å². The van der Waals surface area contributed by atoms with Gasteiger partial charge in [-0.05, 0) is 243 Å². The third kappa shape index (κ3) is 23.3. The Kier molecular flexibility index (Phi) is 28.8. The second-order valence-corrected chi connectivity index (χ2v) is 34.0. The Hall–Kier alpha value is -5.90. The fraction of sp³-hybridized carbons (Fsp3) is 0.301. The molecule has 0 bridgehead atoms. The van der Waals surface area contributed by atoms with Crippen molar-refractivity contribution >= 4 is 139 Å². The first-order chi connectivity index (χ1) is 57.9. The minimum atomic E-state index is -0.688. The largest absolute Gasteiger partial charge is 1.00 e. The maximum Gasteiger partial charge on any atom is 1.00 e. The predicted octanol–water partition coefficient (Wildman–Crippen LogP) is 27.9. The Bertz CT molecular complexity index is 5380. The average molecular weight is 1860 g/mol. The summed E-state index contributed by atoms with van der Waals surface area (Å²) in [5, 5.41) is 1.32. The second kappa shape index (κ2) is 42.2. The quantitative estimate of drug-likeness (QED) is 0.0304. The van der Waals surface area contributed by atoms with E-state index in [1.165, 1.54) is 5.56 Å². The van der Waals surface area contributed by atoms with E-state index >= 15 is 0 Å². The molecule has 12 aromatic rings. The van der Waals surface area contributed by atoms with Crippen LogP contribution >= 0.6 is 70.4 Å². The molecule has 0 saturated carbocycles. The molecule has 0 aliphatic rings. The summed E-state index contributed by atoms with van der Waals surface area (Å²) in [6.45, 7) is 37.3. The monoisotopic (exact) mass is 1850 g/mol. The molecule has 0 aromatic heterocycles. The van der Waals surface area contributed by atoms with Crippen LogP contribution in [-0.2, 0) is 38.9 Å². The number of para-hydroxylation sites is 4. The van der Waals surface area contributed by atoms with E-state index in [-0.39, 0.29) is 221 Å². The molecule has 12 rings (SSSR count). The van der Waals surface area contributed by atoms with Crippen LogP contribution in [0.3, 0.4) is 0 Å². The van der Waals surface area contributed by atoms with Crippen molar-refractivity contribution in [2.75, 3.05) is 19.6 Å². The Labute approximate surface area is 799 Å². The van der Waals surface area contributed by atoms with E-state index in [0.29, 0.717) is 73.6 Å². The Morgan fingerprint density at radius 3 is 0.763 bits per heavy atom. The van der Waals surface area contributed by atoms with E-state index in [4.69, 9.17) is 51.9 Å². The van der Waals surface area contributed by atoms with Gasteiger partial charge in [0.05, 0.1) is 53.6 Å². The number of benzene rings is 12. The van der Waals surface area contributed by atoms with Gasteiger partial charge in [0.1, 0.15) is 0 Å². The summed E-state index contributed by atoms with van der Waals surface area (Å²) in [6.07, 6.45) is 5.12. The molecular formula is C103H117Cl4I2KN4. The van der Waals surface area contributed by atoms with Crippen LogP contribution in [0.5, 0.6) is 0 Å². The van der Waals surface area contributed by atoms with Crippen LogP contribution in [0.25, 0.3) is 0 Å². The Balaban J connectivity index is 0.000000339. The summed E-state index contributed by atoms with van der Waals surface area (Å²) in [5.41, 5.74) is 10.7. The molecule has 0 heterocycles. The third-order valence-corrected chi connectivity index (χ3v) is 24.2. The topological polar surface area (TPSA) is 13.0 Å². The molecule has 0 unspecified atom stereocenters. The van der Waals surface area contributed by atoms with Gasteiger partial charge in [0, 0.05) is 51.2 Å². The van der Waals surface area contributed by atoms with E-state index in [1.807, 2.05) is 269 Å². The number of hydrogen-bond acceptors (Lipinski definition) is 4. The molecule has 114 heavy (non-hydrogen) atoms. The van der Waals surface area contributed by atoms with Crippen molar-refractivity contribution in [3.63, 3.8) is 0 Å². The average Bonchev–Trinajstić information content (AvgIpc) is 0.727. The first kappa shape index (κ1) is 78.0. The SMILES string of the molecule is Clc1cc(N(c2ccccc2)c2ccccc2)cc(Cl)c1Cl.I.[2H]c1c([2H])c(C(C)(C)CC)c([2H])c([2H])c1Cc1ccc(C(C)(C)CC)cc1.[2H]c1c([2H])c(C(C)(C)CC)c([2H])c([2H])c1N(c1ccc(C(C)(C)CC)cc1)c1cc(N(c2ccccc2)c2ccccc2)cc(N(c2ccc(C(C)(C)CC)cc2)c2c([2H])c([2H])c(C(C)(C)CC)c([2H])c2[2H])c1Cl.[I-].[K+]. The fourth-order valence-corrected chi connectivity index (χ4v) is 13.4. The molecule has 0 aliphatic heterocycles. The first-order valence-electron chi connectivity index (χ1n) is 44.9. The van der Waals surface area contributed by atoms with Crippen LogP contribution in [0.2, 0.25) is 20.1 Å². The summed E-state index contributed by atoms with van der Waals surface area (Å²) in [7, 11) is 0. The normalized spacial score (nSPS) is 13.1. The van der Waals surface area contributed by atoms with Crippen molar-refractivity contribution in [1.29, 1.82) is 0 Å². The van der Waals surface area contributed by atoms with Gasteiger partial charge < -0.3 is 43.6 Å². The van der Waals surface area contributed by atoms with Crippen LogP contribution in [-0.4, -0.2) is 0 Å². The summed E-state index contributed by atoms with van der Waals surface area (Å²) < 4.78 is 112. The van der Waals surface area contributed by atoms with Gasteiger partial charge in [-0.3, -0.25) is 0 Å². The van der Waals surface area contributed by atoms with Crippen LogP contribution in [0.4, 0.5) is 68.2 Å². The molecule has 0 fully saturated rings. The molecule has 0 saturated heterocycles. The zero-order valence-electron chi connectivity index (χ0n) is 81.8. The molecule has 12 aromatic carbocycles. The van der Waals surface area contributed by atoms with Crippen molar-refractivity contribution in [2.45, 2.75) is 202 Å². The molecule has 0 atom stereocenters. The molecular weight excluding hydrogens is 1730 g/mol. The van der Waals surface area contributed by atoms with Crippen LogP contribution in [0, 0.1) is 0 Å². The minimum absolute atomic E-state index is 0. The summed E-state index contributed by atoms with van der Waals surface area (Å²) in [4.78, 5) is 7.56. The van der Waals surface area contributed by atoms with E-state index in [1.54, 1.807) is 9.80 Å². The first-order valence-corrected chi connectivity index (χ1v) is 40.4. The zero-order chi connectivity index (χ0) is 90.5. The molecule has 592 valence electrons. The molecule has 11 heteroatoms. The molecule has 0 spiro atoms. The molecule has 0 radical (unpaired) electrons. The second-order valence-electron chi connectivity index (χ2n) is 32.4. The number of nitrogens with zero attached hydrogens (tertiary/aromatic N) is 4. The minimum Gasteiger partial charge on any atom is -1.00 e. The van der Waals surface area contributed by atoms with E-state index in [9.17, 15) is 11.0 Å². The molecule has 0 aliphatic carbocycles. The number of anilines is 12. The Morgan fingerprint density at radius 1 is 0.254 bits per heavy atom. The van der Waals surface area contributed by atoms with Gasteiger partial charge in [-0.25, -0.2) is 0 Å². The van der Waals surface area contributed by atoms with Gasteiger partial charge in [-0.15, -0.1) is 24.0 Å². The fourth-order valence-electron chi connectivity index (χ4n) is 12.5. The van der Waals surface area contributed by atoms with Crippen molar-refractivity contribution in [1.82, 2.24) is 0 Å². The van der Waals surface area contributed by atoms with Crippen LogP contribution < -0.4 is 95.0 Å². The van der Waals surface area contributed by atoms with Crippen molar-refractivity contribution in [3.05, 3.63) is 355 Å². The van der Waals surface area contributed by atoms with E-state index in [2.05, 4.69) is 84.2 Å². The zero-order valence-corrected chi connectivity index (χ0v) is 80.5. The van der Waals surface area contributed by atoms with Crippen molar-refractivity contribution in [3.8, 4) is 0 Å². The van der Waals surface area contributed by atoms with Gasteiger partial charge in [0.25, 0.3) is 0 Å². The molecule has 0 amide bonds. The third-order valence-electron chi connectivity index (χ3n) is 22.7. The van der Waals surface area contributed by atoms with E-state index < -0.39 is 10.8 Å². The van der Waals surface area contributed by atoms with Gasteiger partial charge in [0.15, 0.2) is 0 Å². The maximum atomic E-state index is 9.90. The summed E-state index contributed by atoms with van der Waals surface area (Å²) >= 11 is 26.6. The number of halogens is 6. The molecule has 0 N–H and O–H groups in total. The summed E-state index contributed by atoms with van der Waals surface area (Å²) in [5.74, 6) is 0. The molecule has 4 nitrogen and oxygen atoms in total. The standard InChI is InChI=1S/C62H72ClN3.C23H32.C18H12Cl3N.2HI.K/c1-13-59(5,6)45-27-35-51(36-28-45)65(52-37-29-46(30-38-52)60(7,8)14-2)56-43-55(64(49-23-19-17-20-24-49)50-25-21-18-22-26-50)44-57(58(56)63)66(53-39-31-47(32-40-53)61(9,10)15-3)54-41-33-48(34-42-54)62(11,12)16-4;1-7-22(3,4)20-13-9-18(10-14-20)17-19-11-15-21(16-12-19)23(5,6)8-2;19-16-11-15(12-17(20)18(16)21)22(13-7-3-1-4-8-13)14-9-5-2-6-10-14;;;/h17-44H,13-16H2,1-12H3;9-16H,7-8,17H2,1-6H3;1-12H;2*1H;/q;;;;;+1/p-1/i27D,28D,31D,32D,35D,36D,39D,40D;9D,10D,13D,14D;;;;. The van der Waals surface area contributed by atoms with Crippen molar-refractivity contribution < 1.29 is 91.8 Å². The number of rotatable bonds is 26. The smallest absolute Gasteiger partial charge is 1.00 e. The number of hydrogen-bond donors (Lipinski definition) is 0. The van der Waals surface area contributed by atoms with Gasteiger partial charge in [-0.1, -0.05) is 341 Å². The van der Waals surface area contributed by atoms with Gasteiger partial charge in [-0.2, -0.15) is 0 Å².